The molecule has 114 valence electrons. The Labute approximate surface area is 132 Å². The van der Waals surface area contributed by atoms with Crippen LogP contribution in [0.15, 0.2) is 41.0 Å². The topological polar surface area (TPSA) is 25.6 Å². The molecule has 1 aliphatic rings. The van der Waals surface area contributed by atoms with E-state index >= 15 is 0 Å². The third-order valence-electron chi connectivity index (χ3n) is 3.98. The molecule has 1 aliphatic heterocycles. The van der Waals surface area contributed by atoms with Crippen molar-refractivity contribution in [3.63, 3.8) is 0 Å². The molecule has 0 N–H and O–H groups in total. The van der Waals surface area contributed by atoms with Gasteiger partial charge in [0.15, 0.2) is 0 Å². The van der Waals surface area contributed by atoms with E-state index in [2.05, 4.69) is 29.2 Å². The number of furan rings is 1. The van der Waals surface area contributed by atoms with Crippen LogP contribution in [0.25, 0.3) is 0 Å². The Morgan fingerprint density at radius 3 is 2.90 bits per heavy atom. The van der Waals surface area contributed by atoms with Gasteiger partial charge in [-0.15, -0.1) is 12.4 Å². The van der Waals surface area contributed by atoms with Crippen molar-refractivity contribution in [2.75, 3.05) is 20.2 Å². The number of hydrogen-bond acceptors (Lipinski definition) is 3. The lowest BCUT2D eigenvalue weighted by atomic mass is 9.99. The van der Waals surface area contributed by atoms with Gasteiger partial charge in [-0.3, -0.25) is 4.90 Å². The molecule has 0 atom stereocenters. The Hall–Kier alpha value is -1.45. The van der Waals surface area contributed by atoms with Crippen LogP contribution in [0.4, 0.5) is 0 Å². The van der Waals surface area contributed by atoms with Crippen molar-refractivity contribution >= 4 is 12.4 Å². The van der Waals surface area contributed by atoms with Gasteiger partial charge >= 0.3 is 0 Å². The molecule has 0 spiro atoms. The van der Waals surface area contributed by atoms with E-state index in [1.165, 1.54) is 11.1 Å². The van der Waals surface area contributed by atoms with Crippen LogP contribution in [0.1, 0.15) is 23.3 Å². The van der Waals surface area contributed by atoms with Crippen LogP contribution in [0.5, 0.6) is 5.75 Å². The second-order valence-electron chi connectivity index (χ2n) is 5.34. The number of nitrogens with zero attached hydrogens (tertiary/aromatic N) is 1. The first-order valence-corrected chi connectivity index (χ1v) is 7.25. The lowest BCUT2D eigenvalue weighted by Crippen LogP contribution is -2.31. The third kappa shape index (κ3) is 4.02. The Kier molecular flexibility index (Phi) is 5.71. The number of hydrogen-bond donors (Lipinski definition) is 0. The fourth-order valence-electron chi connectivity index (χ4n) is 2.84. The number of benzene rings is 1. The summed E-state index contributed by atoms with van der Waals surface area (Å²) >= 11 is 0. The standard InChI is InChI=1S/C17H21NO2.ClH/c1-19-17-7-6-15-13-18(10-8-14(15)12-17)9-2-4-16-5-3-11-20-16;/h3,5-7,11-12H,2,4,8-10,13H2,1H3;1H. The van der Waals surface area contributed by atoms with Crippen LogP contribution in [0.3, 0.4) is 0 Å². The fraction of sp³-hybridized carbons (Fsp3) is 0.412. The average molecular weight is 308 g/mol. The van der Waals surface area contributed by atoms with E-state index in [1.54, 1.807) is 13.4 Å². The van der Waals surface area contributed by atoms with Gasteiger partial charge in [0, 0.05) is 19.5 Å². The highest BCUT2D eigenvalue weighted by Crippen LogP contribution is 2.23. The normalized spacial score (nSPS) is 14.3. The van der Waals surface area contributed by atoms with Crippen molar-refractivity contribution in [2.45, 2.75) is 25.8 Å². The number of fused-ring (bicyclic) bond motifs is 1. The number of methoxy groups -OCH3 is 1. The first kappa shape index (κ1) is 15.9. The maximum atomic E-state index is 5.37. The number of ether oxygens (including phenoxy) is 1. The minimum absolute atomic E-state index is 0. The van der Waals surface area contributed by atoms with Crippen molar-refractivity contribution in [1.82, 2.24) is 4.90 Å². The zero-order valence-electron chi connectivity index (χ0n) is 12.4. The molecule has 0 saturated carbocycles. The molecule has 1 aromatic carbocycles. The SMILES string of the molecule is COc1ccc2c(c1)CCN(CCCc1ccco1)C2.Cl. The highest BCUT2D eigenvalue weighted by Gasteiger charge is 2.16. The molecule has 21 heavy (non-hydrogen) atoms. The molecule has 0 fully saturated rings. The van der Waals surface area contributed by atoms with E-state index in [0.717, 1.165) is 50.4 Å². The van der Waals surface area contributed by atoms with Gasteiger partial charge in [-0.05, 0) is 54.8 Å². The maximum Gasteiger partial charge on any atom is 0.119 e. The first-order chi connectivity index (χ1) is 9.85. The molecule has 2 aromatic rings. The summed E-state index contributed by atoms with van der Waals surface area (Å²) in [7, 11) is 1.73. The van der Waals surface area contributed by atoms with Crippen LogP contribution in [0.2, 0.25) is 0 Å². The lowest BCUT2D eigenvalue weighted by molar-refractivity contribution is 0.249. The zero-order chi connectivity index (χ0) is 13.8. The Balaban J connectivity index is 0.00000161. The van der Waals surface area contributed by atoms with Crippen molar-refractivity contribution in [3.8, 4) is 5.75 Å². The summed E-state index contributed by atoms with van der Waals surface area (Å²) in [6.45, 7) is 3.32. The van der Waals surface area contributed by atoms with E-state index in [0.29, 0.717) is 0 Å². The zero-order valence-corrected chi connectivity index (χ0v) is 13.2. The van der Waals surface area contributed by atoms with Gasteiger partial charge in [-0.2, -0.15) is 0 Å². The van der Waals surface area contributed by atoms with Gasteiger partial charge in [-0.1, -0.05) is 6.07 Å². The summed E-state index contributed by atoms with van der Waals surface area (Å²) in [5, 5.41) is 0. The van der Waals surface area contributed by atoms with Gasteiger partial charge in [0.25, 0.3) is 0 Å². The quantitative estimate of drug-likeness (QED) is 0.842. The first-order valence-electron chi connectivity index (χ1n) is 7.25. The molecule has 0 aliphatic carbocycles. The third-order valence-corrected chi connectivity index (χ3v) is 3.98. The molecule has 4 heteroatoms. The number of halogens is 1. The molecule has 3 nitrogen and oxygen atoms in total. The molecule has 0 radical (unpaired) electrons. The van der Waals surface area contributed by atoms with E-state index in [4.69, 9.17) is 9.15 Å². The smallest absolute Gasteiger partial charge is 0.119 e. The Morgan fingerprint density at radius 2 is 2.14 bits per heavy atom. The van der Waals surface area contributed by atoms with Crippen LogP contribution in [-0.2, 0) is 19.4 Å². The molecule has 0 saturated heterocycles. The molecule has 2 heterocycles. The van der Waals surface area contributed by atoms with E-state index in [-0.39, 0.29) is 12.4 Å². The summed E-state index contributed by atoms with van der Waals surface area (Å²) in [6, 6.07) is 10.4. The largest absolute Gasteiger partial charge is 0.497 e. The predicted octanol–water partition coefficient (Wildman–Crippen LogP) is 3.70. The molecule has 0 unspecified atom stereocenters. The monoisotopic (exact) mass is 307 g/mol. The van der Waals surface area contributed by atoms with Gasteiger partial charge in [0.2, 0.25) is 0 Å². The molecule has 0 bridgehead atoms. The highest BCUT2D eigenvalue weighted by atomic mass is 35.5. The molecular weight excluding hydrogens is 286 g/mol. The van der Waals surface area contributed by atoms with Crippen molar-refractivity contribution in [2.24, 2.45) is 0 Å². The summed E-state index contributed by atoms with van der Waals surface area (Å²) in [4.78, 5) is 2.53. The van der Waals surface area contributed by atoms with Gasteiger partial charge in [-0.25, -0.2) is 0 Å². The molecule has 3 rings (SSSR count). The van der Waals surface area contributed by atoms with E-state index in [1.807, 2.05) is 6.07 Å². The lowest BCUT2D eigenvalue weighted by Gasteiger charge is -2.28. The summed E-state index contributed by atoms with van der Waals surface area (Å²) < 4.78 is 10.7. The van der Waals surface area contributed by atoms with Gasteiger partial charge in [0.05, 0.1) is 13.4 Å². The number of aryl methyl sites for hydroxylation is 1. The summed E-state index contributed by atoms with van der Waals surface area (Å²) in [5.41, 5.74) is 2.88. The van der Waals surface area contributed by atoms with Crippen LogP contribution in [-0.4, -0.2) is 25.1 Å². The average Bonchev–Trinajstić information content (AvgIpc) is 3.00. The molecular formula is C17H22ClNO2. The van der Waals surface area contributed by atoms with Crippen molar-refractivity contribution in [1.29, 1.82) is 0 Å². The van der Waals surface area contributed by atoms with Crippen LogP contribution in [0, 0.1) is 0 Å². The van der Waals surface area contributed by atoms with Gasteiger partial charge < -0.3 is 9.15 Å². The Bertz CT molecular complexity index is 554. The van der Waals surface area contributed by atoms with Crippen molar-refractivity contribution < 1.29 is 9.15 Å². The molecule has 1 aromatic heterocycles. The van der Waals surface area contributed by atoms with Crippen LogP contribution < -0.4 is 4.74 Å². The fourth-order valence-corrected chi connectivity index (χ4v) is 2.84. The second-order valence-corrected chi connectivity index (χ2v) is 5.34. The number of rotatable bonds is 5. The van der Waals surface area contributed by atoms with Crippen LogP contribution >= 0.6 is 12.4 Å². The summed E-state index contributed by atoms with van der Waals surface area (Å²) in [6.07, 6.45) is 5.05. The van der Waals surface area contributed by atoms with E-state index < -0.39 is 0 Å². The predicted molar refractivity (Wildman–Crippen MR) is 86.3 cm³/mol. The van der Waals surface area contributed by atoms with E-state index in [9.17, 15) is 0 Å². The minimum Gasteiger partial charge on any atom is -0.497 e. The minimum atomic E-state index is 0. The van der Waals surface area contributed by atoms with Gasteiger partial charge in [0.1, 0.15) is 11.5 Å². The maximum absolute atomic E-state index is 5.37. The highest BCUT2D eigenvalue weighted by molar-refractivity contribution is 5.85. The molecule has 0 amide bonds. The second kappa shape index (κ2) is 7.53. The Morgan fingerprint density at radius 1 is 1.24 bits per heavy atom. The van der Waals surface area contributed by atoms with Crippen molar-refractivity contribution in [3.05, 3.63) is 53.5 Å². The summed E-state index contributed by atoms with van der Waals surface area (Å²) in [5.74, 6) is 2.06.